The van der Waals surface area contributed by atoms with E-state index in [0.29, 0.717) is 29.8 Å². The molecule has 4 rings (SSSR count). The highest BCUT2D eigenvalue weighted by Gasteiger charge is 2.33. The van der Waals surface area contributed by atoms with Gasteiger partial charge in [0, 0.05) is 17.6 Å². The van der Waals surface area contributed by atoms with Crippen LogP contribution in [-0.2, 0) is 21.1 Å². The Labute approximate surface area is 196 Å². The van der Waals surface area contributed by atoms with Crippen LogP contribution in [0.3, 0.4) is 0 Å². The summed E-state index contributed by atoms with van der Waals surface area (Å²) in [6, 6.07) is 10.9. The van der Waals surface area contributed by atoms with Gasteiger partial charge in [-0.15, -0.1) is 0 Å². The lowest BCUT2D eigenvalue weighted by atomic mass is 10.1. The average molecular weight is 505 g/mol. The van der Waals surface area contributed by atoms with Crippen molar-refractivity contribution in [1.29, 1.82) is 0 Å². The number of para-hydroxylation sites is 1. The van der Waals surface area contributed by atoms with Gasteiger partial charge >= 0.3 is 7.52 Å². The van der Waals surface area contributed by atoms with E-state index in [4.69, 9.17) is 0 Å². The van der Waals surface area contributed by atoms with Crippen LogP contribution in [0.5, 0.6) is 5.75 Å². The second-order valence-corrected chi connectivity index (χ2v) is 12.1. The second-order valence-electron chi connectivity index (χ2n) is 8.60. The Kier molecular flexibility index (Phi) is 6.05. The fraction of sp³-hybridized carbons (Fsp3) is 0.273. The number of hydrogen-bond donors (Lipinski definition) is 4. The number of rotatable bonds is 6. The Morgan fingerprint density at radius 2 is 1.91 bits per heavy atom. The number of sulfonamides is 1. The van der Waals surface area contributed by atoms with Crippen molar-refractivity contribution in [2.24, 2.45) is 10.7 Å². The number of nitrogens with zero attached hydrogens (tertiary/aromatic N) is 2. The molecule has 0 aliphatic carbocycles. The second kappa shape index (κ2) is 8.57. The minimum atomic E-state index is -4.41. The van der Waals surface area contributed by atoms with Gasteiger partial charge < -0.3 is 19.9 Å². The number of nitrogens with one attached hydrogen (secondary N) is 2. The van der Waals surface area contributed by atoms with Gasteiger partial charge in [-0.25, -0.2) is 8.42 Å². The van der Waals surface area contributed by atoms with Gasteiger partial charge in [-0.2, -0.15) is 4.76 Å². The Morgan fingerprint density at radius 3 is 2.59 bits per heavy atom. The fourth-order valence-electron chi connectivity index (χ4n) is 3.82. The lowest BCUT2D eigenvalue weighted by Gasteiger charge is -2.24. The number of pyridine rings is 1. The maximum Gasteiger partial charge on any atom is 0.346 e. The number of aryl methyl sites for hydroxylation is 1. The van der Waals surface area contributed by atoms with E-state index in [0.717, 1.165) is 6.26 Å². The minimum absolute atomic E-state index is 0.0977. The Bertz CT molecular complexity index is 1540. The largest absolute Gasteiger partial charge is 0.506 e. The average Bonchev–Trinajstić information content (AvgIpc) is 2.72. The van der Waals surface area contributed by atoms with Crippen LogP contribution in [0, 0.1) is 5.92 Å². The molecule has 0 saturated carbocycles. The SMILES string of the molecule is CC(C)CCn1c(=O)c(C2=NP(=O)(O)c3cc(NS(C)(=O)=O)ccc3N2)c(O)c2ccccc21. The molecule has 2 aromatic carbocycles. The van der Waals surface area contributed by atoms with Gasteiger partial charge in [0.1, 0.15) is 11.3 Å². The first-order valence-electron chi connectivity index (χ1n) is 10.5. The van der Waals surface area contributed by atoms with Crippen LogP contribution in [0.4, 0.5) is 11.4 Å². The summed E-state index contributed by atoms with van der Waals surface area (Å²) in [5, 5.41) is 14.2. The topological polar surface area (TPSA) is 150 Å². The minimum Gasteiger partial charge on any atom is -0.506 e. The fourth-order valence-corrected chi connectivity index (χ4v) is 5.66. The van der Waals surface area contributed by atoms with Crippen molar-refractivity contribution < 1.29 is 23.0 Å². The first-order chi connectivity index (χ1) is 15.9. The van der Waals surface area contributed by atoms with Crippen molar-refractivity contribution in [3.63, 3.8) is 0 Å². The van der Waals surface area contributed by atoms with Crippen LogP contribution >= 0.6 is 7.52 Å². The van der Waals surface area contributed by atoms with Crippen molar-refractivity contribution in [3.8, 4) is 5.75 Å². The zero-order valence-corrected chi connectivity index (χ0v) is 20.5. The van der Waals surface area contributed by atoms with Gasteiger partial charge in [-0.1, -0.05) is 26.0 Å². The number of aromatic hydroxyl groups is 1. The van der Waals surface area contributed by atoms with E-state index in [1.165, 1.54) is 22.8 Å². The van der Waals surface area contributed by atoms with Gasteiger partial charge in [-0.05, 0) is 42.7 Å². The number of anilines is 2. The van der Waals surface area contributed by atoms with Crippen LogP contribution in [0.1, 0.15) is 25.8 Å². The molecule has 1 unspecified atom stereocenters. The predicted molar refractivity (Wildman–Crippen MR) is 134 cm³/mol. The van der Waals surface area contributed by atoms with Crippen molar-refractivity contribution in [3.05, 3.63) is 58.4 Å². The molecule has 0 radical (unpaired) electrons. The van der Waals surface area contributed by atoms with E-state index in [2.05, 4.69) is 14.8 Å². The zero-order valence-electron chi connectivity index (χ0n) is 18.8. The first-order valence-corrected chi connectivity index (χ1v) is 14.0. The van der Waals surface area contributed by atoms with E-state index in [9.17, 15) is 27.8 Å². The van der Waals surface area contributed by atoms with Crippen molar-refractivity contribution >= 4 is 51.0 Å². The molecule has 2 heterocycles. The maximum absolute atomic E-state index is 13.5. The standard InChI is InChI=1S/C22H25N4O6PS/c1-13(2)10-11-26-17-7-5-4-6-15(17)20(27)19(22(26)28)21-23-16-9-8-14(25-34(3,31)32)12-18(16)33(29,30)24-21/h4-9,12-13,25,27H,10-11H2,1-3H3,(H2,23,24,29,30). The molecule has 34 heavy (non-hydrogen) atoms. The normalized spacial score (nSPS) is 17.9. The number of benzene rings is 2. The summed E-state index contributed by atoms with van der Waals surface area (Å²) in [6.07, 6.45) is 1.68. The Hall–Kier alpha value is -3.14. The molecule has 0 fully saturated rings. The Morgan fingerprint density at radius 1 is 1.21 bits per heavy atom. The molecule has 1 aliphatic heterocycles. The highest BCUT2D eigenvalue weighted by molar-refractivity contribution is 7.92. The molecule has 0 spiro atoms. The number of aromatic nitrogens is 1. The van der Waals surface area contributed by atoms with E-state index < -0.39 is 23.1 Å². The molecular weight excluding hydrogens is 479 g/mol. The maximum atomic E-state index is 13.5. The summed E-state index contributed by atoms with van der Waals surface area (Å²) in [4.78, 5) is 24.2. The van der Waals surface area contributed by atoms with Crippen molar-refractivity contribution in [2.75, 3.05) is 16.3 Å². The summed E-state index contributed by atoms with van der Waals surface area (Å²) in [5.74, 6) is -0.243. The molecule has 0 bridgehead atoms. The summed E-state index contributed by atoms with van der Waals surface area (Å²) in [6.45, 7) is 4.46. The summed E-state index contributed by atoms with van der Waals surface area (Å²) >= 11 is 0. The van der Waals surface area contributed by atoms with E-state index in [1.807, 2.05) is 13.8 Å². The number of amidine groups is 1. The van der Waals surface area contributed by atoms with Gasteiger partial charge in [0.15, 0.2) is 5.84 Å². The smallest absolute Gasteiger partial charge is 0.346 e. The summed E-state index contributed by atoms with van der Waals surface area (Å²) in [7, 11) is -8.00. The predicted octanol–water partition coefficient (Wildman–Crippen LogP) is 2.81. The first kappa shape index (κ1) is 24.0. The van der Waals surface area contributed by atoms with E-state index >= 15 is 0 Å². The summed E-state index contributed by atoms with van der Waals surface area (Å²) in [5.41, 5.74) is 0.0775. The molecule has 1 atom stereocenters. The lowest BCUT2D eigenvalue weighted by Crippen LogP contribution is -2.33. The molecule has 12 heteroatoms. The molecular formula is C22H25N4O6PS. The highest BCUT2D eigenvalue weighted by atomic mass is 32.2. The molecule has 180 valence electrons. The third kappa shape index (κ3) is 4.59. The van der Waals surface area contributed by atoms with Crippen molar-refractivity contribution in [2.45, 2.75) is 26.8 Å². The van der Waals surface area contributed by atoms with Crippen LogP contribution in [0.15, 0.2) is 52.0 Å². The number of fused-ring (bicyclic) bond motifs is 2. The molecule has 10 nitrogen and oxygen atoms in total. The van der Waals surface area contributed by atoms with Crippen LogP contribution < -0.4 is 20.9 Å². The van der Waals surface area contributed by atoms with Gasteiger partial charge in [0.25, 0.3) is 5.56 Å². The number of hydrogen-bond acceptors (Lipinski definition) is 6. The third-order valence-electron chi connectivity index (χ3n) is 5.42. The van der Waals surface area contributed by atoms with Gasteiger partial charge in [0.05, 0.1) is 22.8 Å². The summed E-state index contributed by atoms with van der Waals surface area (Å²) < 4.78 is 43.8. The van der Waals surface area contributed by atoms with Crippen LogP contribution in [-0.4, -0.2) is 35.1 Å². The van der Waals surface area contributed by atoms with Crippen LogP contribution in [0.2, 0.25) is 0 Å². The van der Waals surface area contributed by atoms with Gasteiger partial charge in [-0.3, -0.25) is 14.1 Å². The molecule has 4 N–H and O–H groups in total. The zero-order chi connectivity index (χ0) is 24.8. The van der Waals surface area contributed by atoms with Crippen molar-refractivity contribution in [1.82, 2.24) is 4.57 Å². The van der Waals surface area contributed by atoms with E-state index in [-0.39, 0.29) is 33.8 Å². The molecule has 0 amide bonds. The molecule has 0 saturated heterocycles. The lowest BCUT2D eigenvalue weighted by molar-refractivity contribution is 0.473. The Balaban J connectivity index is 1.88. The molecule has 1 aromatic heterocycles. The van der Waals surface area contributed by atoms with Gasteiger partial charge in [0.2, 0.25) is 10.0 Å². The monoisotopic (exact) mass is 504 g/mol. The van der Waals surface area contributed by atoms with Crippen LogP contribution in [0.25, 0.3) is 10.9 Å². The third-order valence-corrected chi connectivity index (χ3v) is 7.49. The quantitative estimate of drug-likeness (QED) is 0.377. The molecule has 1 aliphatic rings. The molecule has 3 aromatic rings. The van der Waals surface area contributed by atoms with E-state index in [1.54, 1.807) is 24.3 Å². The highest BCUT2D eigenvalue weighted by Crippen LogP contribution is 2.47.